The Hall–Kier alpha value is -3.09. The molecular formula is C27H30ClN3O3. The van der Waals surface area contributed by atoms with Gasteiger partial charge in [-0.05, 0) is 67.9 Å². The molecule has 1 amide bonds. The van der Waals surface area contributed by atoms with Crippen LogP contribution in [-0.2, 0) is 4.79 Å². The summed E-state index contributed by atoms with van der Waals surface area (Å²) in [4.78, 5) is 20.1. The lowest BCUT2D eigenvalue weighted by Crippen LogP contribution is -2.43. The summed E-state index contributed by atoms with van der Waals surface area (Å²) in [6, 6.07) is 20.7. The number of rotatable bonds is 9. The number of hydrogen-bond acceptors (Lipinski definition) is 5. The van der Waals surface area contributed by atoms with Gasteiger partial charge in [0.2, 0.25) is 5.91 Å². The van der Waals surface area contributed by atoms with E-state index in [-0.39, 0.29) is 17.9 Å². The molecule has 1 N–H and O–H groups in total. The van der Waals surface area contributed by atoms with Gasteiger partial charge in [-0.3, -0.25) is 14.7 Å². The fraction of sp³-hybridized carbons (Fsp3) is 0.333. The van der Waals surface area contributed by atoms with E-state index in [9.17, 15) is 4.79 Å². The van der Waals surface area contributed by atoms with Crippen molar-refractivity contribution in [1.82, 2.24) is 15.2 Å². The second-order valence-corrected chi connectivity index (χ2v) is 8.77. The highest BCUT2D eigenvalue weighted by Gasteiger charge is 2.28. The molecule has 2 heterocycles. The summed E-state index contributed by atoms with van der Waals surface area (Å²) in [6.45, 7) is 3.09. The molecule has 6 nitrogen and oxygen atoms in total. The number of para-hydroxylation sites is 1. The maximum Gasteiger partial charge on any atom is 0.224 e. The van der Waals surface area contributed by atoms with E-state index in [1.807, 2.05) is 66.7 Å². The topological polar surface area (TPSA) is 63.7 Å². The Labute approximate surface area is 205 Å². The molecule has 2 aromatic carbocycles. The minimum Gasteiger partial charge on any atom is -0.497 e. The molecule has 1 aliphatic rings. The van der Waals surface area contributed by atoms with Gasteiger partial charge in [0.1, 0.15) is 18.1 Å². The molecule has 0 spiro atoms. The van der Waals surface area contributed by atoms with E-state index in [1.54, 1.807) is 13.3 Å². The van der Waals surface area contributed by atoms with E-state index >= 15 is 0 Å². The Morgan fingerprint density at radius 1 is 1.12 bits per heavy atom. The van der Waals surface area contributed by atoms with Gasteiger partial charge in [-0.25, -0.2) is 0 Å². The van der Waals surface area contributed by atoms with E-state index in [1.165, 1.54) is 0 Å². The average molecular weight is 480 g/mol. The molecule has 178 valence electrons. The lowest BCUT2D eigenvalue weighted by Gasteiger charge is -2.32. The summed E-state index contributed by atoms with van der Waals surface area (Å²) in [5.74, 6) is 1.49. The normalized spacial score (nSPS) is 15.5. The quantitative estimate of drug-likeness (QED) is 0.480. The number of nitrogens with zero attached hydrogens (tertiary/aromatic N) is 2. The molecule has 0 radical (unpaired) electrons. The maximum atomic E-state index is 13.2. The van der Waals surface area contributed by atoms with Crippen LogP contribution in [0.25, 0.3) is 0 Å². The van der Waals surface area contributed by atoms with Crippen molar-refractivity contribution in [2.24, 2.45) is 5.92 Å². The van der Waals surface area contributed by atoms with Gasteiger partial charge in [0, 0.05) is 18.7 Å². The standard InChI is InChI=1S/C27H30ClN3O3/c1-33-22-8-6-7-21(19-22)26(24-10-4-5-14-29-24)30-27(32)20-12-15-31(16-13-20)17-18-34-25-11-3-2-9-23(25)28/h2-11,14,19-20,26H,12-13,15-18H2,1H3,(H,30,32)/t26-/m1/s1. The van der Waals surface area contributed by atoms with Crippen LogP contribution in [0.5, 0.6) is 11.5 Å². The number of aromatic nitrogens is 1. The Balaban J connectivity index is 1.32. The molecule has 1 atom stereocenters. The van der Waals surface area contributed by atoms with Gasteiger partial charge in [0.05, 0.1) is 23.9 Å². The molecule has 0 unspecified atom stereocenters. The van der Waals surface area contributed by atoms with Crippen LogP contribution in [0.4, 0.5) is 0 Å². The van der Waals surface area contributed by atoms with Gasteiger partial charge in [-0.15, -0.1) is 0 Å². The van der Waals surface area contributed by atoms with Crippen molar-refractivity contribution in [1.29, 1.82) is 0 Å². The van der Waals surface area contributed by atoms with Crippen molar-refractivity contribution in [2.75, 3.05) is 33.4 Å². The predicted octanol–water partition coefficient (Wildman–Crippen LogP) is 4.74. The molecule has 7 heteroatoms. The molecule has 1 aromatic heterocycles. The van der Waals surface area contributed by atoms with Crippen LogP contribution in [0.15, 0.2) is 72.9 Å². The Morgan fingerprint density at radius 2 is 1.91 bits per heavy atom. The molecule has 0 saturated carbocycles. The van der Waals surface area contributed by atoms with Crippen molar-refractivity contribution in [3.05, 3.63) is 89.2 Å². The fourth-order valence-electron chi connectivity index (χ4n) is 4.22. The van der Waals surface area contributed by atoms with Crippen molar-refractivity contribution >= 4 is 17.5 Å². The third-order valence-electron chi connectivity index (χ3n) is 6.16. The van der Waals surface area contributed by atoms with Gasteiger partial charge in [0.25, 0.3) is 0 Å². The van der Waals surface area contributed by atoms with Crippen molar-refractivity contribution in [2.45, 2.75) is 18.9 Å². The van der Waals surface area contributed by atoms with Crippen LogP contribution >= 0.6 is 11.6 Å². The van der Waals surface area contributed by atoms with Gasteiger partial charge in [-0.2, -0.15) is 0 Å². The predicted molar refractivity (Wildman–Crippen MR) is 133 cm³/mol. The zero-order chi connectivity index (χ0) is 23.8. The number of piperidine rings is 1. The molecule has 3 aromatic rings. The monoisotopic (exact) mass is 479 g/mol. The number of ether oxygens (including phenoxy) is 2. The first-order chi connectivity index (χ1) is 16.6. The average Bonchev–Trinajstić information content (AvgIpc) is 2.89. The first-order valence-electron chi connectivity index (χ1n) is 11.6. The number of carbonyl (C=O) groups excluding carboxylic acids is 1. The molecule has 34 heavy (non-hydrogen) atoms. The lowest BCUT2D eigenvalue weighted by molar-refractivity contribution is -0.127. The smallest absolute Gasteiger partial charge is 0.224 e. The van der Waals surface area contributed by atoms with E-state index < -0.39 is 0 Å². The molecule has 1 aliphatic heterocycles. The molecule has 0 aliphatic carbocycles. The van der Waals surface area contributed by atoms with Crippen LogP contribution < -0.4 is 14.8 Å². The lowest BCUT2D eigenvalue weighted by atomic mass is 9.94. The van der Waals surface area contributed by atoms with E-state index in [4.69, 9.17) is 21.1 Å². The van der Waals surface area contributed by atoms with Crippen LogP contribution in [-0.4, -0.2) is 49.1 Å². The number of halogens is 1. The van der Waals surface area contributed by atoms with E-state index in [2.05, 4.69) is 15.2 Å². The van der Waals surface area contributed by atoms with E-state index in [0.29, 0.717) is 17.4 Å². The Bertz CT molecular complexity index is 1070. The summed E-state index contributed by atoms with van der Waals surface area (Å²) in [5, 5.41) is 3.86. The molecule has 1 saturated heterocycles. The highest BCUT2D eigenvalue weighted by atomic mass is 35.5. The number of pyridine rings is 1. The number of methoxy groups -OCH3 is 1. The summed E-state index contributed by atoms with van der Waals surface area (Å²) in [7, 11) is 1.64. The first-order valence-corrected chi connectivity index (χ1v) is 12.0. The number of benzene rings is 2. The fourth-order valence-corrected chi connectivity index (χ4v) is 4.41. The van der Waals surface area contributed by atoms with Crippen LogP contribution in [0.2, 0.25) is 5.02 Å². The number of likely N-dealkylation sites (tertiary alicyclic amines) is 1. The van der Waals surface area contributed by atoms with Crippen LogP contribution in [0.1, 0.15) is 30.1 Å². The molecule has 0 bridgehead atoms. The summed E-state index contributed by atoms with van der Waals surface area (Å²) < 4.78 is 11.2. The minimum absolute atomic E-state index is 0.0300. The zero-order valence-corrected chi connectivity index (χ0v) is 20.1. The third-order valence-corrected chi connectivity index (χ3v) is 6.47. The highest BCUT2D eigenvalue weighted by molar-refractivity contribution is 6.32. The number of hydrogen-bond donors (Lipinski definition) is 1. The Kier molecular flexibility index (Phi) is 8.39. The minimum atomic E-state index is -0.328. The van der Waals surface area contributed by atoms with Crippen LogP contribution in [0, 0.1) is 5.92 Å². The summed E-state index contributed by atoms with van der Waals surface area (Å²) >= 11 is 6.15. The number of nitrogens with one attached hydrogen (secondary N) is 1. The van der Waals surface area contributed by atoms with Crippen LogP contribution in [0.3, 0.4) is 0 Å². The van der Waals surface area contributed by atoms with Crippen molar-refractivity contribution in [3.63, 3.8) is 0 Å². The van der Waals surface area contributed by atoms with E-state index in [0.717, 1.165) is 49.5 Å². The summed E-state index contributed by atoms with van der Waals surface area (Å²) in [5.41, 5.74) is 1.75. The maximum absolute atomic E-state index is 13.2. The second kappa shape index (κ2) is 11.9. The second-order valence-electron chi connectivity index (χ2n) is 8.37. The Morgan fingerprint density at radius 3 is 2.65 bits per heavy atom. The molecule has 1 fully saturated rings. The highest BCUT2D eigenvalue weighted by Crippen LogP contribution is 2.26. The zero-order valence-electron chi connectivity index (χ0n) is 19.3. The van der Waals surface area contributed by atoms with Gasteiger partial charge in [0.15, 0.2) is 0 Å². The third kappa shape index (κ3) is 6.27. The van der Waals surface area contributed by atoms with Gasteiger partial charge < -0.3 is 14.8 Å². The van der Waals surface area contributed by atoms with Crippen molar-refractivity contribution < 1.29 is 14.3 Å². The summed E-state index contributed by atoms with van der Waals surface area (Å²) in [6.07, 6.45) is 3.37. The van der Waals surface area contributed by atoms with Gasteiger partial charge >= 0.3 is 0 Å². The van der Waals surface area contributed by atoms with Crippen molar-refractivity contribution in [3.8, 4) is 11.5 Å². The SMILES string of the molecule is COc1cccc([C@@H](NC(=O)C2CCN(CCOc3ccccc3Cl)CC2)c2ccccn2)c1. The number of amides is 1. The largest absolute Gasteiger partial charge is 0.497 e. The molecular weight excluding hydrogens is 450 g/mol. The molecule has 4 rings (SSSR count). The first kappa shape index (κ1) is 24.0. The number of carbonyl (C=O) groups is 1. The van der Waals surface area contributed by atoms with Gasteiger partial charge in [-0.1, -0.05) is 41.9 Å².